The predicted molar refractivity (Wildman–Crippen MR) is 42.8 cm³/mol. The molecule has 1 heterocycles. The van der Waals surface area contributed by atoms with Gasteiger partial charge in [0, 0.05) is 0 Å². The second kappa shape index (κ2) is 6.04. The Morgan fingerprint density at radius 2 is 2.09 bits per heavy atom. The van der Waals surface area contributed by atoms with Gasteiger partial charge < -0.3 is 12.6 Å². The van der Waals surface area contributed by atoms with E-state index in [1.54, 1.807) is 0 Å². The topological polar surface area (TPSA) is 62.5 Å². The van der Waals surface area contributed by atoms with Crippen LogP contribution in [0.5, 0.6) is 0 Å². The highest BCUT2D eigenvalue weighted by Gasteiger charge is 1.94. The lowest BCUT2D eigenvalue weighted by atomic mass is 10.7. The highest BCUT2D eigenvalue weighted by molar-refractivity contribution is 7.64. The molecule has 0 aliphatic carbocycles. The van der Waals surface area contributed by atoms with Gasteiger partial charge in [0.2, 0.25) is 0 Å². The van der Waals surface area contributed by atoms with Crippen LogP contribution in [0.4, 0.5) is 0 Å². The Labute approximate surface area is 78.6 Å². The zero-order valence-corrected chi connectivity index (χ0v) is 7.36. The summed E-state index contributed by atoms with van der Waals surface area (Å²) >= 11 is 14.5. The minimum Gasteiger partial charge on any atom is -0.696 e. The lowest BCUT2D eigenvalue weighted by Crippen LogP contribution is -1.84. The molecular weight excluding hydrogens is 207 g/mol. The second-order valence-electron chi connectivity index (χ2n) is 1.16. The first-order valence-electron chi connectivity index (χ1n) is 2.23. The van der Waals surface area contributed by atoms with Crippen LogP contribution in [0, 0.1) is 10.7 Å². The van der Waals surface area contributed by atoms with E-state index in [0.29, 0.717) is 5.02 Å². The first-order chi connectivity index (χ1) is 5.22. The van der Waals surface area contributed by atoms with Gasteiger partial charge in [-0.2, -0.15) is 0 Å². The molecule has 0 radical (unpaired) electrons. The molecule has 1 aromatic rings. The van der Waals surface area contributed by atoms with Gasteiger partial charge in [-0.1, -0.05) is 28.6 Å². The summed E-state index contributed by atoms with van der Waals surface area (Å²) in [5.74, 6) is 0. The molecule has 0 aliphatic heterocycles. The molecule has 0 aliphatic rings. The number of nitriles is 1. The number of thiocyanates is 1. The van der Waals surface area contributed by atoms with E-state index in [1.807, 2.05) is 0 Å². The Kier molecular flexibility index (Phi) is 5.65. The molecule has 0 unspecified atom stereocenters. The van der Waals surface area contributed by atoms with Crippen LogP contribution in [-0.4, -0.2) is 15.4 Å². The maximum atomic E-state index is 7.13. The number of aromatic nitrogens is 3. The monoisotopic (exact) mass is 207 g/mol. The summed E-state index contributed by atoms with van der Waals surface area (Å²) in [5, 5.41) is 18.9. The Morgan fingerprint density at radius 1 is 1.55 bits per heavy atom. The summed E-state index contributed by atoms with van der Waals surface area (Å²) in [7, 11) is 0. The van der Waals surface area contributed by atoms with Crippen LogP contribution in [-0.2, 0) is 12.6 Å². The lowest BCUT2D eigenvalue weighted by molar-refractivity contribution is 0.865. The van der Waals surface area contributed by atoms with Crippen LogP contribution in [0.2, 0.25) is 10.2 Å². The molecule has 0 amide bonds. The van der Waals surface area contributed by atoms with Crippen LogP contribution in [0.1, 0.15) is 0 Å². The van der Waals surface area contributed by atoms with Crippen molar-refractivity contribution < 1.29 is 0 Å². The molecule has 0 fully saturated rings. The molecule has 0 saturated carbocycles. The van der Waals surface area contributed by atoms with Gasteiger partial charge in [-0.25, -0.2) is 5.26 Å². The molecule has 0 spiro atoms. The SMILES string of the molecule is Clc1cnnnc1Cl.N#C[S-]. The van der Waals surface area contributed by atoms with E-state index in [-0.39, 0.29) is 5.15 Å². The largest absolute Gasteiger partial charge is 0.696 e. The van der Waals surface area contributed by atoms with Gasteiger partial charge in [0.25, 0.3) is 0 Å². The number of rotatable bonds is 0. The van der Waals surface area contributed by atoms with Crippen molar-refractivity contribution in [1.82, 2.24) is 15.4 Å². The fourth-order valence-electron chi connectivity index (χ4n) is 0.243. The van der Waals surface area contributed by atoms with Crippen LogP contribution in [0.3, 0.4) is 0 Å². The Morgan fingerprint density at radius 3 is 2.36 bits per heavy atom. The van der Waals surface area contributed by atoms with Crippen LogP contribution in [0.15, 0.2) is 6.20 Å². The van der Waals surface area contributed by atoms with E-state index in [4.69, 9.17) is 28.5 Å². The van der Waals surface area contributed by atoms with Crippen molar-refractivity contribution in [2.75, 3.05) is 0 Å². The van der Waals surface area contributed by atoms with E-state index in [1.165, 1.54) is 11.6 Å². The normalized spacial score (nSPS) is 7.36. The van der Waals surface area contributed by atoms with Crippen LogP contribution >= 0.6 is 23.2 Å². The van der Waals surface area contributed by atoms with Gasteiger partial charge >= 0.3 is 0 Å². The molecule has 58 valence electrons. The lowest BCUT2D eigenvalue weighted by Gasteiger charge is -1.84. The van der Waals surface area contributed by atoms with Gasteiger partial charge in [-0.3, -0.25) is 0 Å². The highest BCUT2D eigenvalue weighted by atomic mass is 35.5. The quantitative estimate of drug-likeness (QED) is 0.473. The smallest absolute Gasteiger partial charge is 0.173 e. The molecule has 0 atom stereocenters. The van der Waals surface area contributed by atoms with Crippen molar-refractivity contribution in [2.24, 2.45) is 0 Å². The van der Waals surface area contributed by atoms with Gasteiger partial charge in [0.15, 0.2) is 5.15 Å². The molecule has 1 rings (SSSR count). The van der Waals surface area contributed by atoms with Crippen molar-refractivity contribution in [2.45, 2.75) is 0 Å². The summed E-state index contributed by atoms with van der Waals surface area (Å²) in [5.41, 5.74) is 0. The second-order valence-corrected chi connectivity index (χ2v) is 2.11. The maximum absolute atomic E-state index is 7.13. The van der Waals surface area contributed by atoms with Gasteiger partial charge in [-0.15, -0.1) is 10.2 Å². The van der Waals surface area contributed by atoms with Crippen molar-refractivity contribution >= 4 is 35.8 Å². The molecule has 0 aromatic carbocycles. The first-order valence-corrected chi connectivity index (χ1v) is 3.39. The molecule has 1 aromatic heterocycles. The number of halogens is 2. The van der Waals surface area contributed by atoms with Crippen molar-refractivity contribution in [3.8, 4) is 5.40 Å². The zero-order chi connectivity index (χ0) is 8.69. The molecule has 7 heteroatoms. The summed E-state index contributed by atoms with van der Waals surface area (Å²) in [6.45, 7) is 0. The molecular formula is C4HCl2N4S-. The minimum atomic E-state index is 0.182. The van der Waals surface area contributed by atoms with Crippen molar-refractivity contribution in [1.29, 1.82) is 5.26 Å². The third kappa shape index (κ3) is 4.67. The van der Waals surface area contributed by atoms with Crippen LogP contribution in [0.25, 0.3) is 0 Å². The molecule has 0 bridgehead atoms. The van der Waals surface area contributed by atoms with Crippen LogP contribution < -0.4 is 0 Å². The number of hydrogen-bond acceptors (Lipinski definition) is 5. The minimum absolute atomic E-state index is 0.182. The third-order valence-corrected chi connectivity index (χ3v) is 1.20. The zero-order valence-electron chi connectivity index (χ0n) is 5.03. The van der Waals surface area contributed by atoms with Gasteiger partial charge in [0.05, 0.1) is 6.20 Å². The Hall–Kier alpha value is -0.700. The summed E-state index contributed by atoms with van der Waals surface area (Å²) < 4.78 is 0. The van der Waals surface area contributed by atoms with E-state index >= 15 is 0 Å². The Balaban J connectivity index is 0.000000292. The molecule has 4 nitrogen and oxygen atoms in total. The molecule has 0 saturated heterocycles. The number of nitrogens with zero attached hydrogens (tertiary/aromatic N) is 4. The summed E-state index contributed by atoms with van der Waals surface area (Å²) in [4.78, 5) is 0. The van der Waals surface area contributed by atoms with E-state index in [9.17, 15) is 0 Å². The van der Waals surface area contributed by atoms with Gasteiger partial charge in [-0.05, 0) is 5.21 Å². The fraction of sp³-hybridized carbons (Fsp3) is 0. The fourth-order valence-corrected chi connectivity index (χ4v) is 0.407. The average molecular weight is 208 g/mol. The van der Waals surface area contributed by atoms with E-state index < -0.39 is 0 Å². The maximum Gasteiger partial charge on any atom is 0.173 e. The van der Waals surface area contributed by atoms with E-state index in [0.717, 1.165) is 0 Å². The molecule has 11 heavy (non-hydrogen) atoms. The summed E-state index contributed by atoms with van der Waals surface area (Å²) in [6.07, 6.45) is 1.33. The van der Waals surface area contributed by atoms with Crippen molar-refractivity contribution in [3.63, 3.8) is 0 Å². The van der Waals surface area contributed by atoms with E-state index in [2.05, 4.69) is 28.0 Å². The number of hydrogen-bond donors (Lipinski definition) is 0. The van der Waals surface area contributed by atoms with Crippen molar-refractivity contribution in [3.05, 3.63) is 16.4 Å². The summed E-state index contributed by atoms with van der Waals surface area (Å²) in [6, 6.07) is 0. The predicted octanol–water partition coefficient (Wildman–Crippen LogP) is 1.19. The average Bonchev–Trinajstić information content (AvgIpc) is 1.97. The highest BCUT2D eigenvalue weighted by Crippen LogP contribution is 2.13. The standard InChI is InChI=1S/C3HCl2N3.CHNS/c4-2-1-6-8-7-3(2)5;2-1-3/h1H;3H/p-1. The third-order valence-electron chi connectivity index (χ3n) is 0.552. The first kappa shape index (κ1) is 10.3. The Bertz CT molecular complexity index is 240. The molecule has 0 N–H and O–H groups in total. The van der Waals surface area contributed by atoms with Gasteiger partial charge in [0.1, 0.15) is 5.02 Å².